The summed E-state index contributed by atoms with van der Waals surface area (Å²) in [6.07, 6.45) is 2.29. The first-order valence-corrected chi connectivity index (χ1v) is 13.1. The summed E-state index contributed by atoms with van der Waals surface area (Å²) in [5.41, 5.74) is 4.21. The lowest BCUT2D eigenvalue weighted by Crippen LogP contribution is -2.68. The van der Waals surface area contributed by atoms with Crippen molar-refractivity contribution in [2.24, 2.45) is 0 Å². The van der Waals surface area contributed by atoms with E-state index in [9.17, 15) is 14.9 Å². The molecule has 10 nitrogen and oxygen atoms in total. The highest BCUT2D eigenvalue weighted by molar-refractivity contribution is 6.40. The van der Waals surface area contributed by atoms with Crippen LogP contribution in [0.3, 0.4) is 0 Å². The summed E-state index contributed by atoms with van der Waals surface area (Å²) in [4.78, 5) is 29.0. The van der Waals surface area contributed by atoms with Gasteiger partial charge in [0.05, 0.1) is 46.6 Å². The van der Waals surface area contributed by atoms with Gasteiger partial charge in [-0.25, -0.2) is 0 Å². The third-order valence-electron chi connectivity index (χ3n) is 8.58. The van der Waals surface area contributed by atoms with Crippen LogP contribution >= 0.6 is 0 Å². The van der Waals surface area contributed by atoms with Gasteiger partial charge in [0.15, 0.2) is 23.0 Å². The first-order chi connectivity index (χ1) is 19.3. The number of nitrogens with one attached hydrogen (secondary N) is 1. The number of carbonyl (C=O) groups is 2. The van der Waals surface area contributed by atoms with Crippen LogP contribution in [0, 0.1) is 11.3 Å². The van der Waals surface area contributed by atoms with E-state index in [0.717, 1.165) is 28.3 Å². The Bertz CT molecular complexity index is 1400. The van der Waals surface area contributed by atoms with Crippen LogP contribution in [0.15, 0.2) is 36.9 Å². The van der Waals surface area contributed by atoms with Crippen LogP contribution in [0.25, 0.3) is 0 Å². The zero-order valence-corrected chi connectivity index (χ0v) is 23.4. The smallest absolute Gasteiger partial charge is 0.291 e. The Morgan fingerprint density at radius 2 is 1.48 bits per heavy atom. The van der Waals surface area contributed by atoms with Crippen LogP contribution in [0.5, 0.6) is 23.0 Å². The van der Waals surface area contributed by atoms with E-state index in [1.54, 1.807) is 28.4 Å². The molecule has 5 atom stereocenters. The van der Waals surface area contributed by atoms with Crippen molar-refractivity contribution in [3.63, 3.8) is 0 Å². The van der Waals surface area contributed by atoms with Crippen molar-refractivity contribution in [1.29, 1.82) is 5.26 Å². The van der Waals surface area contributed by atoms with Gasteiger partial charge in [-0.2, -0.15) is 5.26 Å². The molecule has 0 aromatic heterocycles. The number of methoxy groups -OCH3 is 4. The minimum Gasteiger partial charge on any atom is -0.493 e. The molecule has 1 N–H and O–H groups in total. The van der Waals surface area contributed by atoms with E-state index in [1.165, 1.54) is 0 Å². The molecular weight excluding hydrogens is 512 g/mol. The van der Waals surface area contributed by atoms with Gasteiger partial charge in [-0.05, 0) is 72.5 Å². The van der Waals surface area contributed by atoms with Gasteiger partial charge in [-0.1, -0.05) is 6.58 Å². The van der Waals surface area contributed by atoms with E-state index in [0.29, 0.717) is 35.8 Å². The van der Waals surface area contributed by atoms with Gasteiger partial charge in [0.1, 0.15) is 6.04 Å². The number of piperazine rings is 1. The molecule has 0 saturated carbocycles. The molecule has 210 valence electrons. The second-order valence-corrected chi connectivity index (χ2v) is 10.3. The molecule has 0 unspecified atom stereocenters. The Balaban J connectivity index is 1.67. The van der Waals surface area contributed by atoms with E-state index < -0.39 is 17.7 Å². The number of carbonyl (C=O) groups excluding carboxylic acids is 2. The normalized spacial score (nSPS) is 24.9. The molecule has 2 aromatic rings. The molecular formula is C30H34N4O6. The fourth-order valence-electron chi connectivity index (χ4n) is 6.75. The van der Waals surface area contributed by atoms with Crippen molar-refractivity contribution >= 4 is 11.7 Å². The number of nitriles is 1. The average Bonchev–Trinajstić information content (AvgIpc) is 2.97. The molecule has 2 bridgehead atoms. The third kappa shape index (κ3) is 4.26. The van der Waals surface area contributed by atoms with Crippen LogP contribution in [-0.2, 0) is 22.4 Å². The van der Waals surface area contributed by atoms with Crippen molar-refractivity contribution < 1.29 is 28.5 Å². The summed E-state index contributed by atoms with van der Waals surface area (Å²) in [6, 6.07) is 9.38. The highest BCUT2D eigenvalue weighted by Crippen LogP contribution is 2.52. The maximum absolute atomic E-state index is 12.5. The van der Waals surface area contributed by atoms with E-state index in [1.807, 2.05) is 24.3 Å². The Hall–Kier alpha value is -4.07. The maximum Gasteiger partial charge on any atom is 0.291 e. The van der Waals surface area contributed by atoms with Gasteiger partial charge in [0, 0.05) is 18.6 Å². The van der Waals surface area contributed by atoms with Crippen molar-refractivity contribution in [1.82, 2.24) is 15.1 Å². The molecule has 40 heavy (non-hydrogen) atoms. The quantitative estimate of drug-likeness (QED) is 0.394. The Morgan fingerprint density at radius 1 is 0.950 bits per heavy atom. The number of hydrogen-bond donors (Lipinski definition) is 1. The fraction of sp³-hybridized carbons (Fsp3) is 0.433. The molecule has 0 aliphatic carbocycles. The molecule has 0 spiro atoms. The van der Waals surface area contributed by atoms with E-state index >= 15 is 0 Å². The summed E-state index contributed by atoms with van der Waals surface area (Å²) in [5.74, 6) is 1.03. The number of likely N-dealkylation sites (N-methyl/N-ethyl adjacent to an activating group) is 1. The van der Waals surface area contributed by atoms with E-state index in [4.69, 9.17) is 18.9 Å². The minimum atomic E-state index is -0.732. The average molecular weight is 547 g/mol. The van der Waals surface area contributed by atoms with Gasteiger partial charge in [-0.15, -0.1) is 0 Å². The van der Waals surface area contributed by atoms with Crippen molar-refractivity contribution in [2.75, 3.05) is 42.0 Å². The Labute approximate surface area is 234 Å². The lowest BCUT2D eigenvalue weighted by atomic mass is 9.72. The molecule has 3 heterocycles. The maximum atomic E-state index is 12.5. The predicted octanol–water partition coefficient (Wildman–Crippen LogP) is 2.36. The van der Waals surface area contributed by atoms with Gasteiger partial charge < -0.3 is 24.3 Å². The number of ether oxygens (including phenoxy) is 4. The number of fused-ring (bicyclic) bond motifs is 7. The van der Waals surface area contributed by atoms with Gasteiger partial charge in [0.2, 0.25) is 5.78 Å². The van der Waals surface area contributed by atoms with Crippen LogP contribution in [0.4, 0.5) is 0 Å². The fourth-order valence-corrected chi connectivity index (χ4v) is 6.75. The lowest BCUT2D eigenvalue weighted by molar-refractivity contribution is -0.135. The molecule has 1 amide bonds. The molecule has 0 radical (unpaired) electrons. The van der Waals surface area contributed by atoms with Crippen LogP contribution in [0.2, 0.25) is 0 Å². The van der Waals surface area contributed by atoms with Gasteiger partial charge in [0.25, 0.3) is 5.91 Å². The number of rotatable bonds is 8. The largest absolute Gasteiger partial charge is 0.493 e. The third-order valence-corrected chi connectivity index (χ3v) is 8.58. The zero-order chi connectivity index (χ0) is 28.7. The summed E-state index contributed by atoms with van der Waals surface area (Å²) >= 11 is 0. The molecule has 5 rings (SSSR count). The molecule has 1 saturated heterocycles. The standard InChI is InChI=1S/C30H34N4O6/c1-7-24(35)30(36)32-15-23-18-12-27(39-5)25(37-3)10-16(18)9-21-29-19-13-28(40-6)26(38-4)11-17(19)8-20(33(29)2)22(14-31)34(21)23/h7,10-13,20-23,29H,1,8-9,15H2,2-6H3,(H,32,36)/t20-,21-,22-,23-,29+/m0/s1. The SMILES string of the molecule is C=CC(=O)C(=O)NC[C@H]1c2cc(OC)c(OC)cc2C[C@H]2[C@H]3c4cc(OC)c(OC)cc4C[C@@H]([C@H](C#N)N12)N3C. The molecule has 3 aliphatic rings. The van der Waals surface area contributed by atoms with Crippen LogP contribution < -0.4 is 24.3 Å². The summed E-state index contributed by atoms with van der Waals surface area (Å²) in [7, 11) is 8.49. The molecule has 10 heteroatoms. The topological polar surface area (TPSA) is 113 Å². The van der Waals surface area contributed by atoms with Crippen LogP contribution in [0.1, 0.15) is 34.3 Å². The minimum absolute atomic E-state index is 0.0626. The second kappa shape index (κ2) is 10.8. The van der Waals surface area contributed by atoms with Gasteiger partial charge >= 0.3 is 0 Å². The first-order valence-electron chi connectivity index (χ1n) is 13.1. The Morgan fingerprint density at radius 3 is 2.02 bits per heavy atom. The number of ketones is 1. The summed E-state index contributed by atoms with van der Waals surface area (Å²) in [5, 5.41) is 13.4. The predicted molar refractivity (Wildman–Crippen MR) is 147 cm³/mol. The van der Waals surface area contributed by atoms with Gasteiger partial charge in [-0.3, -0.25) is 19.4 Å². The highest BCUT2D eigenvalue weighted by Gasteiger charge is 2.54. The van der Waals surface area contributed by atoms with Crippen molar-refractivity contribution in [2.45, 2.75) is 43.1 Å². The van der Waals surface area contributed by atoms with E-state index in [-0.39, 0.29) is 30.7 Å². The number of nitrogens with zero attached hydrogens (tertiary/aromatic N) is 3. The highest BCUT2D eigenvalue weighted by atomic mass is 16.5. The zero-order valence-electron chi connectivity index (χ0n) is 23.4. The van der Waals surface area contributed by atoms with Crippen molar-refractivity contribution in [3.8, 4) is 29.1 Å². The molecule has 2 aromatic carbocycles. The summed E-state index contributed by atoms with van der Waals surface area (Å²) < 4.78 is 22.5. The number of hydrogen-bond acceptors (Lipinski definition) is 9. The number of amides is 1. The monoisotopic (exact) mass is 546 g/mol. The lowest BCUT2D eigenvalue weighted by Gasteiger charge is -2.60. The molecule has 3 aliphatic heterocycles. The number of benzene rings is 2. The molecule has 1 fully saturated rings. The van der Waals surface area contributed by atoms with Crippen LogP contribution in [-0.4, -0.2) is 81.6 Å². The van der Waals surface area contributed by atoms with E-state index in [2.05, 4.69) is 34.8 Å². The second-order valence-electron chi connectivity index (χ2n) is 10.3. The summed E-state index contributed by atoms with van der Waals surface area (Å²) in [6.45, 7) is 3.56. The first kappa shape index (κ1) is 27.5. The Kier molecular flexibility index (Phi) is 7.45. The van der Waals surface area contributed by atoms with Crippen molar-refractivity contribution in [3.05, 3.63) is 59.2 Å².